The Kier molecular flexibility index (Phi) is 10.1. The molecule has 0 fully saturated rings. The van der Waals surface area contributed by atoms with Gasteiger partial charge in [0.2, 0.25) is 21.8 Å². The third-order valence-corrected chi connectivity index (χ3v) is 7.70. The number of nitrogens with one attached hydrogen (secondary N) is 1. The van der Waals surface area contributed by atoms with Crippen LogP contribution in [0.2, 0.25) is 5.02 Å². The lowest BCUT2D eigenvalue weighted by molar-refractivity contribution is -0.140. The molecule has 196 valence electrons. The lowest BCUT2D eigenvalue weighted by Gasteiger charge is -2.33. The molecule has 0 aliphatic carbocycles. The Morgan fingerprint density at radius 3 is 2.30 bits per heavy atom. The maximum absolute atomic E-state index is 13.9. The fourth-order valence-corrected chi connectivity index (χ4v) is 5.33. The minimum atomic E-state index is -3.82. The van der Waals surface area contributed by atoms with Crippen LogP contribution in [0, 0.1) is 0 Å². The molecule has 3 rings (SSSR count). The standard InChI is InChI=1S/C27H29BrClN3O4S/c1-3-30-27(34)25(16-20-10-5-4-6-11-20)31(18-21-12-7-8-15-24(21)29)26(33)19-32(37(2,35)36)23-14-9-13-22(28)17-23/h4-15,17,25H,3,16,18-19H2,1-2H3,(H,30,34)/t25-/m1/s1. The number of rotatable bonds is 11. The Bertz CT molecular complexity index is 1340. The van der Waals surface area contributed by atoms with E-state index < -0.39 is 28.5 Å². The van der Waals surface area contributed by atoms with Gasteiger partial charge in [-0.05, 0) is 42.3 Å². The SMILES string of the molecule is CCNC(=O)[C@@H](Cc1ccccc1)N(Cc1ccccc1Cl)C(=O)CN(c1cccc(Br)c1)S(C)(=O)=O. The van der Waals surface area contributed by atoms with Crippen LogP contribution < -0.4 is 9.62 Å². The van der Waals surface area contributed by atoms with E-state index in [1.54, 1.807) is 55.5 Å². The van der Waals surface area contributed by atoms with Crippen molar-refractivity contribution in [3.8, 4) is 0 Å². The predicted molar refractivity (Wildman–Crippen MR) is 151 cm³/mol. The van der Waals surface area contributed by atoms with Gasteiger partial charge in [-0.3, -0.25) is 13.9 Å². The zero-order valence-electron chi connectivity index (χ0n) is 20.6. The topological polar surface area (TPSA) is 86.8 Å². The molecular formula is C27H29BrClN3O4S. The van der Waals surface area contributed by atoms with Gasteiger partial charge in [0.05, 0.1) is 11.9 Å². The summed E-state index contributed by atoms with van der Waals surface area (Å²) in [4.78, 5) is 28.6. The van der Waals surface area contributed by atoms with E-state index in [-0.39, 0.29) is 18.9 Å². The molecule has 0 spiro atoms. The van der Waals surface area contributed by atoms with Crippen molar-refractivity contribution in [2.45, 2.75) is 25.9 Å². The summed E-state index contributed by atoms with van der Waals surface area (Å²) >= 11 is 9.78. The summed E-state index contributed by atoms with van der Waals surface area (Å²) in [5.74, 6) is -0.863. The molecule has 0 saturated carbocycles. The van der Waals surface area contributed by atoms with Crippen LogP contribution in [0.25, 0.3) is 0 Å². The monoisotopic (exact) mass is 605 g/mol. The quantitative estimate of drug-likeness (QED) is 0.345. The number of halogens is 2. The van der Waals surface area contributed by atoms with Gasteiger partial charge in [-0.15, -0.1) is 0 Å². The molecule has 0 bridgehead atoms. The fourth-order valence-electron chi connectivity index (χ4n) is 3.90. The Balaban J connectivity index is 2.05. The molecule has 3 aromatic carbocycles. The van der Waals surface area contributed by atoms with Crippen molar-refractivity contribution in [1.82, 2.24) is 10.2 Å². The van der Waals surface area contributed by atoms with E-state index in [4.69, 9.17) is 11.6 Å². The van der Waals surface area contributed by atoms with E-state index in [1.165, 1.54) is 4.90 Å². The largest absolute Gasteiger partial charge is 0.355 e. The average Bonchev–Trinajstić information content (AvgIpc) is 2.85. The van der Waals surface area contributed by atoms with Crippen LogP contribution >= 0.6 is 27.5 Å². The molecule has 7 nitrogen and oxygen atoms in total. The molecule has 0 unspecified atom stereocenters. The van der Waals surface area contributed by atoms with Gasteiger partial charge in [-0.1, -0.05) is 82.1 Å². The van der Waals surface area contributed by atoms with E-state index in [0.717, 1.165) is 16.1 Å². The highest BCUT2D eigenvalue weighted by atomic mass is 79.9. The minimum absolute atomic E-state index is 0.0310. The molecule has 0 saturated heterocycles. The maximum atomic E-state index is 13.9. The summed E-state index contributed by atoms with van der Waals surface area (Å²) in [6.07, 6.45) is 1.30. The number of hydrogen-bond acceptors (Lipinski definition) is 4. The van der Waals surface area contributed by atoms with Gasteiger partial charge in [0.1, 0.15) is 12.6 Å². The second kappa shape index (κ2) is 13.1. The summed E-state index contributed by atoms with van der Waals surface area (Å²) in [5.41, 5.74) is 1.84. The zero-order valence-corrected chi connectivity index (χ0v) is 23.8. The first kappa shape index (κ1) is 28.7. The molecule has 0 aliphatic rings. The third-order valence-electron chi connectivity index (χ3n) is 5.70. The number of sulfonamides is 1. The van der Waals surface area contributed by atoms with Crippen LogP contribution in [0.5, 0.6) is 0 Å². The molecule has 2 amide bonds. The van der Waals surface area contributed by atoms with Crippen molar-refractivity contribution in [2.75, 3.05) is 23.7 Å². The summed E-state index contributed by atoms with van der Waals surface area (Å²) in [6.45, 7) is 1.73. The summed E-state index contributed by atoms with van der Waals surface area (Å²) in [7, 11) is -3.82. The first-order chi connectivity index (χ1) is 17.6. The zero-order chi connectivity index (χ0) is 27.0. The number of hydrogen-bond donors (Lipinski definition) is 1. The van der Waals surface area contributed by atoms with E-state index in [0.29, 0.717) is 27.3 Å². The number of likely N-dealkylation sites (N-methyl/N-ethyl adjacent to an activating group) is 1. The van der Waals surface area contributed by atoms with E-state index in [9.17, 15) is 18.0 Å². The molecule has 0 heterocycles. The number of carbonyl (C=O) groups is 2. The Hall–Kier alpha value is -2.88. The van der Waals surface area contributed by atoms with Crippen LogP contribution in [0.3, 0.4) is 0 Å². The van der Waals surface area contributed by atoms with Gasteiger partial charge in [-0.2, -0.15) is 0 Å². The first-order valence-corrected chi connectivity index (χ1v) is 14.7. The highest BCUT2D eigenvalue weighted by molar-refractivity contribution is 9.10. The molecule has 3 aromatic rings. The molecule has 0 aliphatic heterocycles. The number of carbonyl (C=O) groups excluding carboxylic acids is 2. The number of amides is 2. The summed E-state index contributed by atoms with van der Waals surface area (Å²) in [6, 6.07) is 22.2. The van der Waals surface area contributed by atoms with E-state index in [2.05, 4.69) is 21.2 Å². The van der Waals surface area contributed by atoms with Gasteiger partial charge < -0.3 is 10.2 Å². The van der Waals surface area contributed by atoms with Gasteiger partial charge in [-0.25, -0.2) is 8.42 Å². The molecule has 10 heteroatoms. The molecule has 1 atom stereocenters. The van der Waals surface area contributed by atoms with Gasteiger partial charge in [0, 0.05) is 29.0 Å². The fraction of sp³-hybridized carbons (Fsp3) is 0.259. The normalized spacial score (nSPS) is 12.0. The van der Waals surface area contributed by atoms with Gasteiger partial charge in [0.25, 0.3) is 0 Å². The van der Waals surface area contributed by atoms with Crippen LogP contribution in [0.15, 0.2) is 83.3 Å². The first-order valence-electron chi connectivity index (χ1n) is 11.7. The molecule has 0 aromatic heterocycles. The number of benzene rings is 3. The van der Waals surface area contributed by atoms with Crippen molar-refractivity contribution in [1.29, 1.82) is 0 Å². The van der Waals surface area contributed by atoms with E-state index >= 15 is 0 Å². The molecule has 0 radical (unpaired) electrons. The maximum Gasteiger partial charge on any atom is 0.244 e. The van der Waals surface area contributed by atoms with Crippen molar-refractivity contribution in [2.24, 2.45) is 0 Å². The number of anilines is 1. The highest BCUT2D eigenvalue weighted by Crippen LogP contribution is 2.24. The average molecular weight is 607 g/mol. The molecule has 37 heavy (non-hydrogen) atoms. The predicted octanol–water partition coefficient (Wildman–Crippen LogP) is 4.64. The van der Waals surface area contributed by atoms with Crippen LogP contribution in [0.1, 0.15) is 18.1 Å². The van der Waals surface area contributed by atoms with Crippen LogP contribution in [-0.2, 0) is 32.6 Å². The van der Waals surface area contributed by atoms with Crippen molar-refractivity contribution in [3.63, 3.8) is 0 Å². The molecule has 1 N–H and O–H groups in total. The third kappa shape index (κ3) is 8.05. The van der Waals surface area contributed by atoms with Crippen LogP contribution in [0.4, 0.5) is 5.69 Å². The van der Waals surface area contributed by atoms with E-state index in [1.807, 2.05) is 30.3 Å². The Morgan fingerprint density at radius 1 is 1.00 bits per heavy atom. The summed E-state index contributed by atoms with van der Waals surface area (Å²) < 4.78 is 27.2. The second-order valence-corrected chi connectivity index (χ2v) is 11.7. The lowest BCUT2D eigenvalue weighted by Crippen LogP contribution is -2.53. The van der Waals surface area contributed by atoms with Crippen molar-refractivity contribution in [3.05, 3.63) is 99.5 Å². The van der Waals surface area contributed by atoms with Crippen LogP contribution in [-0.4, -0.2) is 50.5 Å². The number of nitrogens with zero attached hydrogens (tertiary/aromatic N) is 2. The Morgan fingerprint density at radius 2 is 1.68 bits per heavy atom. The van der Waals surface area contributed by atoms with Gasteiger partial charge >= 0.3 is 0 Å². The van der Waals surface area contributed by atoms with Crippen molar-refractivity contribution >= 4 is 55.1 Å². The van der Waals surface area contributed by atoms with Gasteiger partial charge in [0.15, 0.2) is 0 Å². The lowest BCUT2D eigenvalue weighted by atomic mass is 10.0. The minimum Gasteiger partial charge on any atom is -0.355 e. The smallest absolute Gasteiger partial charge is 0.244 e. The van der Waals surface area contributed by atoms with Crippen molar-refractivity contribution < 1.29 is 18.0 Å². The highest BCUT2D eigenvalue weighted by Gasteiger charge is 2.33. The summed E-state index contributed by atoms with van der Waals surface area (Å²) in [5, 5.41) is 3.27. The molecular weight excluding hydrogens is 578 g/mol. The second-order valence-electron chi connectivity index (χ2n) is 8.46. The Labute approximate surface area is 231 Å².